The van der Waals surface area contributed by atoms with E-state index < -0.39 is 0 Å². The van der Waals surface area contributed by atoms with E-state index in [2.05, 4.69) is 15.6 Å². The monoisotopic (exact) mass is 236 g/mol. The zero-order valence-corrected chi connectivity index (χ0v) is 10.0. The van der Waals surface area contributed by atoms with Crippen molar-refractivity contribution < 1.29 is 9.26 Å². The second kappa shape index (κ2) is 5.60. The summed E-state index contributed by atoms with van der Waals surface area (Å²) in [7, 11) is 3.56. The number of aromatic nitrogens is 3. The minimum absolute atomic E-state index is 0.687. The number of hydrogen-bond donors (Lipinski definition) is 1. The van der Waals surface area contributed by atoms with E-state index in [1.165, 1.54) is 0 Å². The molecule has 0 aliphatic carbocycles. The van der Waals surface area contributed by atoms with Crippen molar-refractivity contribution in [2.45, 2.75) is 6.54 Å². The molecule has 0 saturated heterocycles. The lowest BCUT2D eigenvalue weighted by Crippen LogP contribution is -2.18. The highest BCUT2D eigenvalue weighted by molar-refractivity contribution is 5.55. The molecule has 0 aromatic carbocycles. The molecule has 0 fully saturated rings. The number of methoxy groups -OCH3 is 1. The fourth-order valence-electron chi connectivity index (χ4n) is 1.59. The summed E-state index contributed by atoms with van der Waals surface area (Å²) in [6.45, 7) is 2.19. The van der Waals surface area contributed by atoms with Crippen LogP contribution in [0, 0.1) is 0 Å². The van der Waals surface area contributed by atoms with Gasteiger partial charge in [-0.05, 0) is 6.07 Å². The number of ether oxygens (including phenoxy) is 1. The van der Waals surface area contributed by atoms with E-state index in [0.29, 0.717) is 13.2 Å². The highest BCUT2D eigenvalue weighted by atomic mass is 16.5. The molecule has 0 radical (unpaired) electrons. The van der Waals surface area contributed by atoms with Crippen LogP contribution < -0.4 is 5.32 Å². The van der Waals surface area contributed by atoms with Crippen molar-refractivity contribution in [1.29, 1.82) is 0 Å². The van der Waals surface area contributed by atoms with Gasteiger partial charge in [-0.2, -0.15) is 5.10 Å². The van der Waals surface area contributed by atoms with E-state index >= 15 is 0 Å². The molecule has 2 aromatic heterocycles. The van der Waals surface area contributed by atoms with Crippen LogP contribution in [0.1, 0.15) is 5.56 Å². The van der Waals surface area contributed by atoms with Crippen LogP contribution >= 0.6 is 0 Å². The van der Waals surface area contributed by atoms with Crippen LogP contribution in [0.3, 0.4) is 0 Å². The SMILES string of the molecule is COCCNCc1cnoc1-c1ccnn1C. The Bertz CT molecular complexity index is 463. The van der Waals surface area contributed by atoms with Gasteiger partial charge in [0.1, 0.15) is 5.69 Å². The average Bonchev–Trinajstić information content (AvgIpc) is 2.93. The van der Waals surface area contributed by atoms with Gasteiger partial charge < -0.3 is 14.6 Å². The molecule has 92 valence electrons. The van der Waals surface area contributed by atoms with E-state index in [0.717, 1.165) is 23.6 Å². The fourth-order valence-corrected chi connectivity index (χ4v) is 1.59. The maximum absolute atomic E-state index is 5.26. The second-order valence-corrected chi connectivity index (χ2v) is 3.69. The first-order valence-corrected chi connectivity index (χ1v) is 5.44. The van der Waals surface area contributed by atoms with E-state index in [4.69, 9.17) is 9.26 Å². The molecule has 6 heteroatoms. The zero-order valence-electron chi connectivity index (χ0n) is 10.0. The van der Waals surface area contributed by atoms with E-state index in [1.54, 1.807) is 24.2 Å². The lowest BCUT2D eigenvalue weighted by atomic mass is 10.2. The molecule has 1 N–H and O–H groups in total. The summed E-state index contributed by atoms with van der Waals surface area (Å²) in [5.74, 6) is 0.759. The van der Waals surface area contributed by atoms with Gasteiger partial charge in [0.2, 0.25) is 0 Å². The number of nitrogens with zero attached hydrogens (tertiary/aromatic N) is 3. The molecule has 2 heterocycles. The summed E-state index contributed by atoms with van der Waals surface area (Å²) in [5, 5.41) is 11.2. The molecule has 6 nitrogen and oxygen atoms in total. The van der Waals surface area contributed by atoms with Crippen LogP contribution in [0.15, 0.2) is 23.0 Å². The Morgan fingerprint density at radius 1 is 1.53 bits per heavy atom. The third-order valence-corrected chi connectivity index (χ3v) is 2.50. The van der Waals surface area contributed by atoms with Gasteiger partial charge in [-0.15, -0.1) is 0 Å². The Morgan fingerprint density at radius 3 is 3.12 bits per heavy atom. The first-order chi connectivity index (χ1) is 8.33. The van der Waals surface area contributed by atoms with Crippen LogP contribution in [-0.2, 0) is 18.3 Å². The molecule has 0 atom stereocenters. The number of rotatable bonds is 6. The molecule has 0 aliphatic rings. The maximum Gasteiger partial charge on any atom is 0.189 e. The molecule has 0 aliphatic heterocycles. The molecule has 0 unspecified atom stereocenters. The molecular weight excluding hydrogens is 220 g/mol. The zero-order chi connectivity index (χ0) is 12.1. The van der Waals surface area contributed by atoms with Crippen LogP contribution in [0.5, 0.6) is 0 Å². The Morgan fingerprint density at radius 2 is 2.41 bits per heavy atom. The van der Waals surface area contributed by atoms with Crippen molar-refractivity contribution in [3.63, 3.8) is 0 Å². The molecule has 0 amide bonds. The number of nitrogens with one attached hydrogen (secondary N) is 1. The summed E-state index contributed by atoms with van der Waals surface area (Å²) in [5.41, 5.74) is 1.94. The van der Waals surface area contributed by atoms with Crippen molar-refractivity contribution in [1.82, 2.24) is 20.3 Å². The van der Waals surface area contributed by atoms with Gasteiger partial charge in [0.15, 0.2) is 5.76 Å². The van der Waals surface area contributed by atoms with Gasteiger partial charge in [0.25, 0.3) is 0 Å². The number of hydrogen-bond acceptors (Lipinski definition) is 5. The highest BCUT2D eigenvalue weighted by Crippen LogP contribution is 2.22. The second-order valence-electron chi connectivity index (χ2n) is 3.69. The molecular formula is C11H16N4O2. The molecule has 2 rings (SSSR count). The van der Waals surface area contributed by atoms with Gasteiger partial charge in [0, 0.05) is 39.0 Å². The Hall–Kier alpha value is -1.66. The standard InChI is InChI=1S/C11H16N4O2/c1-15-10(3-4-13-15)11-9(8-14-17-11)7-12-5-6-16-2/h3-4,8,12H,5-7H2,1-2H3. The van der Waals surface area contributed by atoms with Crippen molar-refractivity contribution in [2.24, 2.45) is 7.05 Å². The fraction of sp³-hybridized carbons (Fsp3) is 0.455. The van der Waals surface area contributed by atoms with Gasteiger partial charge in [-0.1, -0.05) is 5.16 Å². The first kappa shape index (κ1) is 11.8. The van der Waals surface area contributed by atoms with E-state index in [9.17, 15) is 0 Å². The van der Waals surface area contributed by atoms with Crippen molar-refractivity contribution in [2.75, 3.05) is 20.3 Å². The van der Waals surface area contributed by atoms with Crippen molar-refractivity contribution in [3.05, 3.63) is 24.0 Å². The van der Waals surface area contributed by atoms with E-state index in [1.807, 2.05) is 13.1 Å². The largest absolute Gasteiger partial charge is 0.383 e. The van der Waals surface area contributed by atoms with Crippen LogP contribution in [0.25, 0.3) is 11.5 Å². The topological polar surface area (TPSA) is 65.1 Å². The van der Waals surface area contributed by atoms with Crippen LogP contribution in [-0.4, -0.2) is 35.2 Å². The normalized spacial score (nSPS) is 10.9. The predicted molar refractivity (Wildman–Crippen MR) is 62.3 cm³/mol. The molecule has 17 heavy (non-hydrogen) atoms. The van der Waals surface area contributed by atoms with E-state index in [-0.39, 0.29) is 0 Å². The predicted octanol–water partition coefficient (Wildman–Crippen LogP) is 0.811. The van der Waals surface area contributed by atoms with Gasteiger partial charge in [-0.3, -0.25) is 4.68 Å². The maximum atomic E-state index is 5.26. The summed E-state index contributed by atoms with van der Waals surface area (Å²) in [4.78, 5) is 0. The minimum atomic E-state index is 0.687. The summed E-state index contributed by atoms with van der Waals surface area (Å²) in [6, 6.07) is 1.90. The van der Waals surface area contributed by atoms with Crippen molar-refractivity contribution in [3.8, 4) is 11.5 Å². The Kier molecular flexibility index (Phi) is 3.89. The number of aryl methyl sites for hydroxylation is 1. The smallest absolute Gasteiger partial charge is 0.189 e. The van der Waals surface area contributed by atoms with Gasteiger partial charge in [0.05, 0.1) is 12.8 Å². The Labute approximate surface area is 99.5 Å². The minimum Gasteiger partial charge on any atom is -0.383 e. The van der Waals surface area contributed by atoms with Gasteiger partial charge in [-0.25, -0.2) is 0 Å². The molecule has 0 saturated carbocycles. The van der Waals surface area contributed by atoms with Crippen LogP contribution in [0.4, 0.5) is 0 Å². The summed E-state index contributed by atoms with van der Waals surface area (Å²) in [6.07, 6.45) is 3.46. The lowest BCUT2D eigenvalue weighted by molar-refractivity contribution is 0.199. The summed E-state index contributed by atoms with van der Waals surface area (Å²) >= 11 is 0. The van der Waals surface area contributed by atoms with Crippen LogP contribution in [0.2, 0.25) is 0 Å². The summed E-state index contributed by atoms with van der Waals surface area (Å²) < 4.78 is 12.0. The third kappa shape index (κ3) is 2.72. The Balaban J connectivity index is 2.05. The molecule has 0 bridgehead atoms. The quantitative estimate of drug-likeness (QED) is 0.752. The molecule has 0 spiro atoms. The lowest BCUT2D eigenvalue weighted by Gasteiger charge is -2.03. The highest BCUT2D eigenvalue weighted by Gasteiger charge is 2.13. The third-order valence-electron chi connectivity index (χ3n) is 2.50. The average molecular weight is 236 g/mol. The van der Waals surface area contributed by atoms with Crippen molar-refractivity contribution >= 4 is 0 Å². The first-order valence-electron chi connectivity index (χ1n) is 5.44. The van der Waals surface area contributed by atoms with Gasteiger partial charge >= 0.3 is 0 Å². The molecule has 2 aromatic rings.